The summed E-state index contributed by atoms with van der Waals surface area (Å²) in [5.74, 6) is -23.6. The van der Waals surface area contributed by atoms with Crippen molar-refractivity contribution in [2.24, 2.45) is 0 Å². The van der Waals surface area contributed by atoms with Crippen LogP contribution in [0.1, 0.15) is 29.8 Å². The van der Waals surface area contributed by atoms with E-state index in [1.807, 2.05) is 0 Å². The zero-order valence-electron chi connectivity index (χ0n) is 13.7. The second-order valence-corrected chi connectivity index (χ2v) is 5.59. The van der Waals surface area contributed by atoms with Gasteiger partial charge in [-0.2, -0.15) is 0 Å². The Morgan fingerprint density at radius 1 is 0.517 bits per heavy atom. The highest BCUT2D eigenvalue weighted by Gasteiger charge is 2.30. The maximum Gasteiger partial charge on any atom is 0.200 e. The van der Waals surface area contributed by atoms with Gasteiger partial charge < -0.3 is 10.2 Å². The molecule has 0 amide bonds. The van der Waals surface area contributed by atoms with Gasteiger partial charge in [0.05, 0.1) is 17.2 Å². The Balaban J connectivity index is 2.30. The highest BCUT2D eigenvalue weighted by Crippen LogP contribution is 2.31. The summed E-state index contributed by atoms with van der Waals surface area (Å²) >= 11 is 0. The number of hydrogen-bond acceptors (Lipinski definition) is 2. The topological polar surface area (TPSA) is 40.5 Å². The molecule has 0 bridgehead atoms. The van der Waals surface area contributed by atoms with Gasteiger partial charge in [-0.25, -0.2) is 43.9 Å². The fourth-order valence-corrected chi connectivity index (χ4v) is 2.35. The third-order valence-electron chi connectivity index (χ3n) is 3.79. The SMILES string of the molecule is O[C@H](/C=C\C[C@H](O)c1c(F)c(F)c(F)c(F)c1F)c1c(F)c(F)c(F)c(F)c1F. The van der Waals surface area contributed by atoms with Crippen molar-refractivity contribution in [3.05, 3.63) is 81.5 Å². The van der Waals surface area contributed by atoms with Gasteiger partial charge in [0.2, 0.25) is 11.6 Å². The van der Waals surface area contributed by atoms with Gasteiger partial charge in [0.1, 0.15) is 6.10 Å². The third kappa shape index (κ3) is 3.94. The molecule has 0 aromatic heterocycles. The Bertz CT molecular complexity index is 931. The molecule has 0 aliphatic rings. The van der Waals surface area contributed by atoms with Crippen LogP contribution in [0.3, 0.4) is 0 Å². The van der Waals surface area contributed by atoms with E-state index in [-0.39, 0.29) is 0 Å². The van der Waals surface area contributed by atoms with Crippen LogP contribution in [0.5, 0.6) is 0 Å². The van der Waals surface area contributed by atoms with Crippen molar-refractivity contribution in [2.75, 3.05) is 0 Å². The second kappa shape index (κ2) is 8.41. The summed E-state index contributed by atoms with van der Waals surface area (Å²) in [4.78, 5) is 0. The molecule has 0 fully saturated rings. The van der Waals surface area contributed by atoms with Gasteiger partial charge in [-0.3, -0.25) is 0 Å². The van der Waals surface area contributed by atoms with Crippen molar-refractivity contribution in [2.45, 2.75) is 18.6 Å². The fourth-order valence-electron chi connectivity index (χ4n) is 2.35. The first-order valence-corrected chi connectivity index (χ1v) is 7.47. The molecule has 158 valence electrons. The van der Waals surface area contributed by atoms with Crippen LogP contribution in [-0.4, -0.2) is 10.2 Å². The van der Waals surface area contributed by atoms with Crippen molar-refractivity contribution < 1.29 is 54.1 Å². The highest BCUT2D eigenvalue weighted by atomic mass is 19.2. The minimum atomic E-state index is -2.47. The van der Waals surface area contributed by atoms with E-state index < -0.39 is 87.9 Å². The highest BCUT2D eigenvalue weighted by molar-refractivity contribution is 5.29. The first-order chi connectivity index (χ1) is 13.4. The largest absolute Gasteiger partial charge is 0.388 e. The molecule has 2 aromatic rings. The fraction of sp³-hybridized carbons (Fsp3) is 0.176. The lowest BCUT2D eigenvalue weighted by Crippen LogP contribution is -2.11. The van der Waals surface area contributed by atoms with Crippen molar-refractivity contribution in [1.29, 1.82) is 0 Å². The second-order valence-electron chi connectivity index (χ2n) is 5.59. The summed E-state index contributed by atoms with van der Waals surface area (Å²) in [5.41, 5.74) is -3.26. The number of aliphatic hydroxyl groups is 2. The summed E-state index contributed by atoms with van der Waals surface area (Å²) in [6.07, 6.45) is -4.81. The van der Waals surface area contributed by atoms with E-state index in [0.717, 1.165) is 0 Å². The summed E-state index contributed by atoms with van der Waals surface area (Å²) in [6, 6.07) is 0. The Morgan fingerprint density at radius 2 is 0.828 bits per heavy atom. The average Bonchev–Trinajstić information content (AvgIpc) is 2.68. The lowest BCUT2D eigenvalue weighted by atomic mass is 10.0. The van der Waals surface area contributed by atoms with E-state index in [4.69, 9.17) is 0 Å². The molecule has 0 radical (unpaired) electrons. The van der Waals surface area contributed by atoms with Gasteiger partial charge in [-0.15, -0.1) is 0 Å². The smallest absolute Gasteiger partial charge is 0.200 e. The normalized spacial score (nSPS) is 13.9. The number of rotatable bonds is 5. The van der Waals surface area contributed by atoms with E-state index in [9.17, 15) is 54.1 Å². The zero-order chi connectivity index (χ0) is 22.2. The Hall–Kier alpha value is -2.60. The summed E-state index contributed by atoms with van der Waals surface area (Å²) in [7, 11) is 0. The van der Waals surface area contributed by atoms with Crippen molar-refractivity contribution in [3.8, 4) is 0 Å². The molecule has 0 saturated carbocycles. The first-order valence-electron chi connectivity index (χ1n) is 7.47. The molecule has 0 unspecified atom stereocenters. The first kappa shape index (κ1) is 22.7. The lowest BCUT2D eigenvalue weighted by molar-refractivity contribution is 0.165. The van der Waals surface area contributed by atoms with Gasteiger partial charge >= 0.3 is 0 Å². The Kier molecular flexibility index (Phi) is 6.58. The Morgan fingerprint density at radius 3 is 1.21 bits per heavy atom. The quantitative estimate of drug-likeness (QED) is 0.308. The van der Waals surface area contributed by atoms with Crippen LogP contribution in [0.4, 0.5) is 43.9 Å². The van der Waals surface area contributed by atoms with Crippen molar-refractivity contribution in [3.63, 3.8) is 0 Å². The molecule has 0 aliphatic heterocycles. The van der Waals surface area contributed by atoms with Crippen molar-refractivity contribution >= 4 is 0 Å². The predicted molar refractivity (Wildman–Crippen MR) is 76.1 cm³/mol. The zero-order valence-corrected chi connectivity index (χ0v) is 13.7. The van der Waals surface area contributed by atoms with Crippen LogP contribution in [0.25, 0.3) is 0 Å². The molecule has 2 rings (SSSR count). The lowest BCUT2D eigenvalue weighted by Gasteiger charge is -2.14. The summed E-state index contributed by atoms with van der Waals surface area (Å²) < 4.78 is 133. The molecule has 2 nitrogen and oxygen atoms in total. The summed E-state index contributed by atoms with van der Waals surface area (Å²) in [5, 5.41) is 19.3. The van der Waals surface area contributed by atoms with E-state index in [2.05, 4.69) is 0 Å². The van der Waals surface area contributed by atoms with Crippen LogP contribution < -0.4 is 0 Å². The van der Waals surface area contributed by atoms with Crippen LogP contribution in [0, 0.1) is 58.2 Å². The monoisotopic (exact) mass is 434 g/mol. The molecular weight excluding hydrogens is 426 g/mol. The number of halogens is 10. The molecule has 2 atom stereocenters. The van der Waals surface area contributed by atoms with Gasteiger partial charge in [0.15, 0.2) is 46.5 Å². The van der Waals surface area contributed by atoms with E-state index in [1.54, 1.807) is 0 Å². The van der Waals surface area contributed by atoms with Crippen LogP contribution in [0.2, 0.25) is 0 Å². The number of hydrogen-bond donors (Lipinski definition) is 2. The maximum atomic E-state index is 13.6. The number of benzene rings is 2. The predicted octanol–water partition coefficient (Wildman–Crippen LogP) is 4.79. The maximum absolute atomic E-state index is 13.6. The van der Waals surface area contributed by atoms with Crippen LogP contribution in [-0.2, 0) is 0 Å². The van der Waals surface area contributed by atoms with Gasteiger partial charge in [0.25, 0.3) is 0 Å². The average molecular weight is 434 g/mol. The molecule has 2 aromatic carbocycles. The van der Waals surface area contributed by atoms with E-state index >= 15 is 0 Å². The molecule has 0 heterocycles. The molecule has 0 spiro atoms. The van der Waals surface area contributed by atoms with E-state index in [1.165, 1.54) is 0 Å². The minimum Gasteiger partial charge on any atom is -0.388 e. The molecule has 29 heavy (non-hydrogen) atoms. The Labute approximate surface area is 155 Å². The molecule has 12 heteroatoms. The molecule has 0 aliphatic carbocycles. The van der Waals surface area contributed by atoms with Crippen LogP contribution in [0.15, 0.2) is 12.2 Å². The number of aliphatic hydroxyl groups excluding tert-OH is 2. The summed E-state index contributed by atoms with van der Waals surface area (Å²) in [6.45, 7) is 0. The van der Waals surface area contributed by atoms with Gasteiger partial charge in [-0.05, 0) is 6.42 Å². The third-order valence-corrected chi connectivity index (χ3v) is 3.79. The van der Waals surface area contributed by atoms with Crippen LogP contribution >= 0.6 is 0 Å². The van der Waals surface area contributed by atoms with Gasteiger partial charge in [0, 0.05) is 0 Å². The molecule has 0 saturated heterocycles. The van der Waals surface area contributed by atoms with Gasteiger partial charge in [-0.1, -0.05) is 12.2 Å². The molecular formula is C17H8F10O2. The standard InChI is InChI=1S/C17H8F10O2/c18-8-6(9(19)13(23)16(26)12(8)22)4(28)2-1-3-5(29)7-10(20)14(24)17(27)15(25)11(7)21/h1-2,4-5,28-29H,3H2/b2-1-/t4-,5+/m1/s1. The molecule has 2 N–H and O–H groups in total. The van der Waals surface area contributed by atoms with Crippen molar-refractivity contribution in [1.82, 2.24) is 0 Å². The minimum absolute atomic E-state index is 0.382. The van der Waals surface area contributed by atoms with E-state index in [0.29, 0.717) is 12.2 Å².